The zero-order valence-corrected chi connectivity index (χ0v) is 13.7. The summed E-state index contributed by atoms with van der Waals surface area (Å²) in [5, 5.41) is 0. The molecule has 128 valence electrons. The van der Waals surface area contributed by atoms with Crippen molar-refractivity contribution in [2.45, 2.75) is 25.4 Å². The Morgan fingerprint density at radius 3 is 2.72 bits per heavy atom. The Morgan fingerprint density at radius 2 is 1.92 bits per heavy atom. The van der Waals surface area contributed by atoms with Gasteiger partial charge < -0.3 is 4.42 Å². The minimum atomic E-state index is -0.287. The summed E-state index contributed by atoms with van der Waals surface area (Å²) in [6.45, 7) is 1.59. The third-order valence-corrected chi connectivity index (χ3v) is 4.61. The molecule has 4 rings (SSSR count). The smallest absolute Gasteiger partial charge is 0.226 e. The number of aromatic nitrogens is 1. The minimum Gasteiger partial charge on any atom is -0.444 e. The van der Waals surface area contributed by atoms with Crippen molar-refractivity contribution in [3.63, 3.8) is 0 Å². The lowest BCUT2D eigenvalue weighted by Gasteiger charge is -2.23. The molecule has 0 bridgehead atoms. The molecule has 2 aromatic carbocycles. The fourth-order valence-corrected chi connectivity index (χ4v) is 3.42. The van der Waals surface area contributed by atoms with Crippen LogP contribution in [-0.2, 0) is 6.54 Å². The number of benzene rings is 2. The molecule has 1 fully saturated rings. The first-order chi connectivity index (χ1) is 12.2. The maximum atomic E-state index is 13.5. The van der Waals surface area contributed by atoms with Crippen LogP contribution in [0.15, 0.2) is 59.2 Å². The third-order valence-electron chi connectivity index (χ3n) is 4.61. The van der Waals surface area contributed by atoms with Crippen LogP contribution in [0.25, 0.3) is 11.5 Å². The molecule has 0 amide bonds. The lowest BCUT2D eigenvalue weighted by molar-refractivity contribution is 0.245. The van der Waals surface area contributed by atoms with Gasteiger partial charge in [-0.15, -0.1) is 0 Å². The number of hydrogen-bond acceptors (Lipinski definition) is 3. The molecule has 1 atom stereocenters. The van der Waals surface area contributed by atoms with Crippen molar-refractivity contribution in [1.29, 1.82) is 0 Å². The van der Waals surface area contributed by atoms with Gasteiger partial charge in [0.05, 0.1) is 5.69 Å². The van der Waals surface area contributed by atoms with E-state index in [1.807, 2.05) is 6.07 Å². The Hall–Kier alpha value is -2.53. The first kappa shape index (κ1) is 16.0. The average molecular weight is 340 g/mol. The van der Waals surface area contributed by atoms with Crippen LogP contribution in [-0.4, -0.2) is 16.4 Å². The van der Waals surface area contributed by atoms with E-state index in [2.05, 4.69) is 9.88 Å². The molecular weight excluding hydrogens is 322 g/mol. The molecule has 2 heterocycles. The van der Waals surface area contributed by atoms with Gasteiger partial charge in [0.25, 0.3) is 0 Å². The summed E-state index contributed by atoms with van der Waals surface area (Å²) in [6.07, 6.45) is 3.72. The lowest BCUT2D eigenvalue weighted by atomic mass is 10.0. The SMILES string of the molecule is Fc1ccc(-c2nc(CN3CCC[C@H]3c3cccc(F)c3)co2)cc1. The minimum absolute atomic E-state index is 0.196. The maximum absolute atomic E-state index is 13.5. The van der Waals surface area contributed by atoms with E-state index in [0.29, 0.717) is 12.4 Å². The van der Waals surface area contributed by atoms with Gasteiger partial charge in [-0.05, 0) is 61.3 Å². The quantitative estimate of drug-likeness (QED) is 0.672. The molecule has 0 spiro atoms. The molecule has 0 saturated carbocycles. The summed E-state index contributed by atoms with van der Waals surface area (Å²) in [6, 6.07) is 13.1. The highest BCUT2D eigenvalue weighted by atomic mass is 19.1. The summed E-state index contributed by atoms with van der Waals surface area (Å²) < 4.78 is 32.1. The standard InChI is InChI=1S/C20H18F2N2O/c21-16-8-6-14(7-9-16)20-23-18(13-25-20)12-24-10-2-5-19(24)15-3-1-4-17(22)11-15/h1,3-4,6-9,11,13,19H,2,5,10,12H2/t19-/m0/s1. The van der Waals surface area contributed by atoms with Crippen LogP contribution in [0.4, 0.5) is 8.78 Å². The second kappa shape index (κ2) is 6.76. The Kier molecular flexibility index (Phi) is 4.32. The number of halogens is 2. The van der Waals surface area contributed by atoms with E-state index in [4.69, 9.17) is 4.42 Å². The molecule has 3 aromatic rings. The van der Waals surface area contributed by atoms with E-state index in [-0.39, 0.29) is 17.7 Å². The summed E-state index contributed by atoms with van der Waals surface area (Å²) >= 11 is 0. The van der Waals surface area contributed by atoms with Crippen molar-refractivity contribution in [1.82, 2.24) is 9.88 Å². The molecule has 1 saturated heterocycles. The highest BCUT2D eigenvalue weighted by Crippen LogP contribution is 2.33. The average Bonchev–Trinajstić information content (AvgIpc) is 3.26. The van der Waals surface area contributed by atoms with Gasteiger partial charge in [0.15, 0.2) is 0 Å². The zero-order chi connectivity index (χ0) is 17.2. The first-order valence-electron chi connectivity index (χ1n) is 8.39. The molecular formula is C20H18F2N2O. The number of hydrogen-bond donors (Lipinski definition) is 0. The molecule has 1 aliphatic rings. The van der Waals surface area contributed by atoms with E-state index >= 15 is 0 Å². The monoisotopic (exact) mass is 340 g/mol. The Morgan fingerprint density at radius 1 is 1.08 bits per heavy atom. The first-order valence-corrected chi connectivity index (χ1v) is 8.39. The van der Waals surface area contributed by atoms with Gasteiger partial charge in [-0.1, -0.05) is 12.1 Å². The summed E-state index contributed by atoms with van der Waals surface area (Å²) in [4.78, 5) is 6.81. The maximum Gasteiger partial charge on any atom is 0.226 e. The van der Waals surface area contributed by atoms with E-state index in [1.165, 1.54) is 18.2 Å². The molecule has 0 radical (unpaired) electrons. The van der Waals surface area contributed by atoms with E-state index in [9.17, 15) is 8.78 Å². The fraction of sp³-hybridized carbons (Fsp3) is 0.250. The topological polar surface area (TPSA) is 29.3 Å². The van der Waals surface area contributed by atoms with Gasteiger partial charge in [-0.3, -0.25) is 4.90 Å². The fourth-order valence-electron chi connectivity index (χ4n) is 3.42. The van der Waals surface area contributed by atoms with Gasteiger partial charge in [0.2, 0.25) is 5.89 Å². The van der Waals surface area contributed by atoms with Gasteiger partial charge in [0, 0.05) is 18.2 Å². The molecule has 25 heavy (non-hydrogen) atoms. The number of oxazole rings is 1. The molecule has 0 N–H and O–H groups in total. The Balaban J connectivity index is 1.51. The molecule has 1 aromatic heterocycles. The molecule has 0 aliphatic carbocycles. The number of nitrogens with zero attached hydrogens (tertiary/aromatic N) is 2. The Labute approximate surface area is 144 Å². The van der Waals surface area contributed by atoms with Gasteiger partial charge >= 0.3 is 0 Å². The highest BCUT2D eigenvalue weighted by Gasteiger charge is 2.27. The molecule has 1 aliphatic heterocycles. The van der Waals surface area contributed by atoms with Gasteiger partial charge in [0.1, 0.15) is 17.9 Å². The summed E-state index contributed by atoms with van der Waals surface area (Å²) in [7, 11) is 0. The summed E-state index contributed by atoms with van der Waals surface area (Å²) in [5.41, 5.74) is 2.57. The highest BCUT2D eigenvalue weighted by molar-refractivity contribution is 5.52. The van der Waals surface area contributed by atoms with Gasteiger partial charge in [-0.2, -0.15) is 0 Å². The Bertz CT molecular complexity index is 860. The van der Waals surface area contributed by atoms with Crippen LogP contribution in [0.3, 0.4) is 0 Å². The van der Waals surface area contributed by atoms with Crippen molar-refractivity contribution in [3.8, 4) is 11.5 Å². The van der Waals surface area contributed by atoms with Crippen molar-refractivity contribution in [2.24, 2.45) is 0 Å². The van der Waals surface area contributed by atoms with Crippen LogP contribution < -0.4 is 0 Å². The third kappa shape index (κ3) is 3.46. The van der Waals surface area contributed by atoms with Crippen LogP contribution in [0.5, 0.6) is 0 Å². The van der Waals surface area contributed by atoms with E-state index in [0.717, 1.165) is 36.2 Å². The van der Waals surface area contributed by atoms with Crippen LogP contribution in [0.2, 0.25) is 0 Å². The summed E-state index contributed by atoms with van der Waals surface area (Å²) in [5.74, 6) is -0.00795. The van der Waals surface area contributed by atoms with Gasteiger partial charge in [-0.25, -0.2) is 13.8 Å². The van der Waals surface area contributed by atoms with Crippen molar-refractivity contribution < 1.29 is 13.2 Å². The predicted octanol–water partition coefficient (Wildman–Crippen LogP) is 4.96. The van der Waals surface area contributed by atoms with Crippen molar-refractivity contribution in [3.05, 3.63) is 77.7 Å². The number of likely N-dealkylation sites (tertiary alicyclic amines) is 1. The van der Waals surface area contributed by atoms with E-state index < -0.39 is 0 Å². The van der Waals surface area contributed by atoms with E-state index in [1.54, 1.807) is 30.5 Å². The lowest BCUT2D eigenvalue weighted by Crippen LogP contribution is -2.23. The van der Waals surface area contributed by atoms with Crippen LogP contribution in [0, 0.1) is 11.6 Å². The largest absolute Gasteiger partial charge is 0.444 e. The van der Waals surface area contributed by atoms with Crippen LogP contribution >= 0.6 is 0 Å². The van der Waals surface area contributed by atoms with Crippen molar-refractivity contribution >= 4 is 0 Å². The zero-order valence-electron chi connectivity index (χ0n) is 13.7. The molecule has 3 nitrogen and oxygen atoms in total. The predicted molar refractivity (Wildman–Crippen MR) is 90.7 cm³/mol. The van der Waals surface area contributed by atoms with Crippen molar-refractivity contribution in [2.75, 3.05) is 6.54 Å². The second-order valence-corrected chi connectivity index (χ2v) is 6.33. The molecule has 0 unspecified atom stereocenters. The second-order valence-electron chi connectivity index (χ2n) is 6.33. The number of rotatable bonds is 4. The normalized spacial score (nSPS) is 17.9. The van der Waals surface area contributed by atoms with Crippen LogP contribution in [0.1, 0.15) is 30.1 Å². The molecule has 5 heteroatoms.